The zero-order valence-electron chi connectivity index (χ0n) is 10.9. The molecule has 0 spiro atoms. The Morgan fingerprint density at radius 1 is 1.33 bits per heavy atom. The molecule has 1 atom stereocenters. The van der Waals surface area contributed by atoms with Crippen LogP contribution < -0.4 is 4.74 Å². The molecule has 5 nitrogen and oxygen atoms in total. The maximum absolute atomic E-state index is 13.1. The van der Waals surface area contributed by atoms with E-state index in [0.717, 1.165) is 12.1 Å². The van der Waals surface area contributed by atoms with E-state index in [-0.39, 0.29) is 5.75 Å². The van der Waals surface area contributed by atoms with Gasteiger partial charge in [-0.05, 0) is 36.8 Å². The Kier molecular flexibility index (Phi) is 4.54. The van der Waals surface area contributed by atoms with Gasteiger partial charge in [-0.2, -0.15) is 0 Å². The molecule has 0 aliphatic heterocycles. The molecule has 0 amide bonds. The minimum atomic E-state index is -0.711. The largest absolute Gasteiger partial charge is 0.450 e. The van der Waals surface area contributed by atoms with Gasteiger partial charge in [0.15, 0.2) is 0 Å². The fraction of sp³-hybridized carbons (Fsp3) is 0.143. The molecule has 0 aliphatic rings. The summed E-state index contributed by atoms with van der Waals surface area (Å²) in [5, 5.41) is 20.4. The van der Waals surface area contributed by atoms with Crippen molar-refractivity contribution in [3.8, 4) is 11.5 Å². The molecule has 0 aliphatic carbocycles. The highest BCUT2D eigenvalue weighted by atomic mass is 79.9. The van der Waals surface area contributed by atoms with Crippen molar-refractivity contribution in [2.75, 3.05) is 0 Å². The normalized spacial score (nSPS) is 12.0. The maximum atomic E-state index is 13.1. The smallest absolute Gasteiger partial charge is 0.314 e. The molecule has 0 saturated heterocycles. The van der Waals surface area contributed by atoms with Gasteiger partial charge in [0.05, 0.1) is 17.1 Å². The predicted molar refractivity (Wildman–Crippen MR) is 77.9 cm³/mol. The second-order valence-electron chi connectivity index (χ2n) is 4.33. The Bertz CT molecular complexity index is 691. The molecule has 110 valence electrons. The predicted octanol–water partition coefficient (Wildman–Crippen LogP) is 4.34. The molecule has 0 fully saturated rings. The highest BCUT2D eigenvalue weighted by Crippen LogP contribution is 2.34. The molecular weight excluding hydrogens is 345 g/mol. The fourth-order valence-electron chi connectivity index (χ4n) is 1.76. The molecule has 0 radical (unpaired) electrons. The Hall–Kier alpha value is -1.99. The SMILES string of the molecule is CC(O)c1ccc(Oc2ccc(F)cc2[N+](=O)[O-])cc1Br. The lowest BCUT2D eigenvalue weighted by molar-refractivity contribution is -0.385. The van der Waals surface area contributed by atoms with Crippen LogP contribution in [-0.4, -0.2) is 10.0 Å². The minimum absolute atomic E-state index is 0.0573. The van der Waals surface area contributed by atoms with E-state index in [0.29, 0.717) is 15.8 Å². The number of ether oxygens (including phenoxy) is 1. The van der Waals surface area contributed by atoms with Crippen molar-refractivity contribution in [2.45, 2.75) is 13.0 Å². The van der Waals surface area contributed by atoms with Gasteiger partial charge in [0.2, 0.25) is 5.75 Å². The first-order chi connectivity index (χ1) is 9.88. The zero-order chi connectivity index (χ0) is 15.6. The molecule has 7 heteroatoms. The van der Waals surface area contributed by atoms with Crippen LogP contribution in [0.1, 0.15) is 18.6 Å². The van der Waals surface area contributed by atoms with Crippen LogP contribution in [0.25, 0.3) is 0 Å². The van der Waals surface area contributed by atoms with Gasteiger partial charge in [-0.3, -0.25) is 10.1 Å². The molecule has 0 heterocycles. The molecular formula is C14H11BrFNO4. The number of nitro groups is 1. The van der Waals surface area contributed by atoms with Gasteiger partial charge >= 0.3 is 5.69 Å². The molecule has 0 aromatic heterocycles. The number of aliphatic hydroxyl groups excluding tert-OH is 1. The van der Waals surface area contributed by atoms with Crippen LogP contribution in [0.15, 0.2) is 40.9 Å². The van der Waals surface area contributed by atoms with Crippen molar-refractivity contribution in [3.63, 3.8) is 0 Å². The Labute approximate surface area is 128 Å². The molecule has 2 aromatic carbocycles. The highest BCUT2D eigenvalue weighted by molar-refractivity contribution is 9.10. The molecule has 0 bridgehead atoms. The van der Waals surface area contributed by atoms with Crippen molar-refractivity contribution in [1.82, 2.24) is 0 Å². The summed E-state index contributed by atoms with van der Waals surface area (Å²) in [6.45, 7) is 1.62. The number of hydrogen-bond acceptors (Lipinski definition) is 4. The first-order valence-corrected chi connectivity index (χ1v) is 6.77. The van der Waals surface area contributed by atoms with E-state index in [2.05, 4.69) is 15.9 Å². The number of rotatable bonds is 4. The van der Waals surface area contributed by atoms with E-state index in [1.54, 1.807) is 25.1 Å². The summed E-state index contributed by atoms with van der Waals surface area (Å²) in [4.78, 5) is 10.2. The van der Waals surface area contributed by atoms with Crippen LogP contribution in [-0.2, 0) is 0 Å². The standard InChI is InChI=1S/C14H11BrFNO4/c1-8(18)11-4-3-10(7-12(11)15)21-14-5-2-9(16)6-13(14)17(19)20/h2-8,18H,1H3. The third-order valence-corrected chi connectivity index (χ3v) is 3.45. The van der Waals surface area contributed by atoms with Crippen LogP contribution in [0.5, 0.6) is 11.5 Å². The average molecular weight is 356 g/mol. The lowest BCUT2D eigenvalue weighted by Gasteiger charge is -2.11. The Morgan fingerprint density at radius 2 is 2.05 bits per heavy atom. The number of nitro benzene ring substituents is 1. The van der Waals surface area contributed by atoms with E-state index < -0.39 is 22.5 Å². The molecule has 2 rings (SSSR count). The third-order valence-electron chi connectivity index (χ3n) is 2.77. The summed E-state index contributed by atoms with van der Waals surface area (Å²) in [7, 11) is 0. The van der Waals surface area contributed by atoms with E-state index in [4.69, 9.17) is 4.74 Å². The summed E-state index contributed by atoms with van der Waals surface area (Å²) in [6.07, 6.45) is -0.659. The van der Waals surface area contributed by atoms with E-state index in [1.165, 1.54) is 6.07 Å². The monoisotopic (exact) mass is 355 g/mol. The zero-order valence-corrected chi connectivity index (χ0v) is 12.5. The van der Waals surface area contributed by atoms with E-state index >= 15 is 0 Å². The van der Waals surface area contributed by atoms with Gasteiger partial charge in [0.1, 0.15) is 11.6 Å². The van der Waals surface area contributed by atoms with Gasteiger partial charge in [-0.15, -0.1) is 0 Å². The fourth-order valence-corrected chi connectivity index (χ4v) is 2.45. The van der Waals surface area contributed by atoms with Crippen molar-refractivity contribution in [2.24, 2.45) is 0 Å². The van der Waals surface area contributed by atoms with E-state index in [9.17, 15) is 19.6 Å². The highest BCUT2D eigenvalue weighted by Gasteiger charge is 2.17. The number of hydrogen-bond donors (Lipinski definition) is 1. The summed E-state index contributed by atoms with van der Waals surface area (Å²) in [6, 6.07) is 7.87. The first-order valence-electron chi connectivity index (χ1n) is 5.98. The van der Waals surface area contributed by atoms with Crippen LogP contribution >= 0.6 is 15.9 Å². The second kappa shape index (κ2) is 6.19. The number of halogens is 2. The molecule has 1 N–H and O–H groups in total. The minimum Gasteiger partial charge on any atom is -0.450 e. The summed E-state index contributed by atoms with van der Waals surface area (Å²) >= 11 is 3.29. The molecule has 1 unspecified atom stereocenters. The number of benzene rings is 2. The van der Waals surface area contributed by atoms with Crippen molar-refractivity contribution < 1.29 is 19.2 Å². The summed E-state index contributed by atoms with van der Waals surface area (Å²) in [5.41, 5.74) is 0.210. The Morgan fingerprint density at radius 3 is 2.62 bits per heavy atom. The van der Waals surface area contributed by atoms with Crippen LogP contribution in [0, 0.1) is 15.9 Å². The maximum Gasteiger partial charge on any atom is 0.314 e. The number of aliphatic hydroxyl groups is 1. The lowest BCUT2D eigenvalue weighted by Crippen LogP contribution is -1.96. The molecule has 2 aromatic rings. The van der Waals surface area contributed by atoms with Gasteiger partial charge in [-0.1, -0.05) is 22.0 Å². The summed E-state index contributed by atoms with van der Waals surface area (Å²) in [5.74, 6) is -0.432. The number of nitrogens with zero attached hydrogens (tertiary/aromatic N) is 1. The molecule has 21 heavy (non-hydrogen) atoms. The van der Waals surface area contributed by atoms with Gasteiger partial charge in [-0.25, -0.2) is 4.39 Å². The third kappa shape index (κ3) is 3.56. The van der Waals surface area contributed by atoms with Gasteiger partial charge in [0.25, 0.3) is 0 Å². The Balaban J connectivity index is 2.35. The first kappa shape index (κ1) is 15.4. The van der Waals surface area contributed by atoms with Crippen molar-refractivity contribution in [1.29, 1.82) is 0 Å². The van der Waals surface area contributed by atoms with Crippen LogP contribution in [0.4, 0.5) is 10.1 Å². The average Bonchev–Trinajstić information content (AvgIpc) is 2.40. The quantitative estimate of drug-likeness (QED) is 0.653. The van der Waals surface area contributed by atoms with Gasteiger partial charge < -0.3 is 9.84 Å². The molecule has 0 saturated carbocycles. The summed E-state index contributed by atoms with van der Waals surface area (Å²) < 4.78 is 19.1. The second-order valence-corrected chi connectivity index (χ2v) is 5.18. The van der Waals surface area contributed by atoms with Gasteiger partial charge in [0, 0.05) is 4.47 Å². The van der Waals surface area contributed by atoms with Crippen molar-refractivity contribution in [3.05, 3.63) is 62.4 Å². The lowest BCUT2D eigenvalue weighted by atomic mass is 10.1. The van der Waals surface area contributed by atoms with Crippen molar-refractivity contribution >= 4 is 21.6 Å². The van der Waals surface area contributed by atoms with Crippen LogP contribution in [0.3, 0.4) is 0 Å². The topological polar surface area (TPSA) is 72.6 Å². The van der Waals surface area contributed by atoms with Crippen LogP contribution in [0.2, 0.25) is 0 Å². The van der Waals surface area contributed by atoms with E-state index in [1.807, 2.05) is 0 Å².